The van der Waals surface area contributed by atoms with Gasteiger partial charge in [-0.2, -0.15) is 0 Å². The predicted octanol–water partition coefficient (Wildman–Crippen LogP) is -3.98. The van der Waals surface area contributed by atoms with Crippen LogP contribution in [0.15, 0.2) is 0 Å². The van der Waals surface area contributed by atoms with Gasteiger partial charge in [-0.05, 0) is 19.4 Å². The monoisotopic (exact) mass is 477 g/mol. The molecule has 16 heteroatoms. The van der Waals surface area contributed by atoms with Gasteiger partial charge in [0.25, 0.3) is 0 Å². The number of nitrogens with one attached hydrogen (secondary N) is 3. The molecule has 4 atom stereocenters. The molecule has 33 heavy (non-hydrogen) atoms. The Morgan fingerprint density at radius 3 is 1.52 bits per heavy atom. The summed E-state index contributed by atoms with van der Waals surface area (Å²) >= 11 is 0. The molecule has 0 aliphatic heterocycles. The van der Waals surface area contributed by atoms with Crippen LogP contribution in [-0.4, -0.2) is 92.7 Å². The second kappa shape index (κ2) is 14.3. The van der Waals surface area contributed by atoms with Crippen molar-refractivity contribution >= 4 is 41.6 Å². The number of carbonyl (C=O) groups is 7. The van der Waals surface area contributed by atoms with E-state index in [1.165, 1.54) is 0 Å². The minimum absolute atomic E-state index is 0.162. The van der Waals surface area contributed by atoms with E-state index in [-0.39, 0.29) is 13.0 Å². The molecule has 3 amide bonds. The average Bonchev–Trinajstić information content (AvgIpc) is 2.68. The lowest BCUT2D eigenvalue weighted by Gasteiger charge is -2.24. The highest BCUT2D eigenvalue weighted by Gasteiger charge is 2.31. The van der Waals surface area contributed by atoms with E-state index in [1.807, 2.05) is 5.32 Å². The molecule has 0 fully saturated rings. The Bertz CT molecular complexity index is 772. The molecular weight excluding hydrogens is 450 g/mol. The Labute approximate surface area is 186 Å². The zero-order chi connectivity index (χ0) is 25.7. The molecule has 0 unspecified atom stereocenters. The van der Waals surface area contributed by atoms with E-state index >= 15 is 0 Å². The summed E-state index contributed by atoms with van der Waals surface area (Å²) < 4.78 is 0. The summed E-state index contributed by atoms with van der Waals surface area (Å²) in [5.41, 5.74) is 10.8. The Balaban J connectivity index is 5.46. The Kier molecular flexibility index (Phi) is 12.7. The number of nitrogens with two attached hydrogens (primary N) is 2. The van der Waals surface area contributed by atoms with Crippen LogP contribution in [0, 0.1) is 0 Å². The van der Waals surface area contributed by atoms with Crippen molar-refractivity contribution in [1.82, 2.24) is 16.0 Å². The van der Waals surface area contributed by atoms with E-state index in [9.17, 15) is 33.6 Å². The number of rotatable bonds is 16. The molecule has 0 aromatic carbocycles. The first-order valence-electron chi connectivity index (χ1n) is 9.53. The lowest BCUT2D eigenvalue weighted by molar-refractivity contribution is -0.147. The molecule has 0 heterocycles. The van der Waals surface area contributed by atoms with Crippen LogP contribution in [0.4, 0.5) is 0 Å². The molecule has 0 aliphatic carbocycles. The molecule has 186 valence electrons. The summed E-state index contributed by atoms with van der Waals surface area (Å²) in [6.07, 6.45) is -2.95. The first-order valence-corrected chi connectivity index (χ1v) is 9.53. The first-order chi connectivity index (χ1) is 15.3. The summed E-state index contributed by atoms with van der Waals surface area (Å²) in [5, 5.41) is 41.6. The van der Waals surface area contributed by atoms with Crippen molar-refractivity contribution < 1.29 is 54.0 Å². The molecule has 16 nitrogen and oxygen atoms in total. The molecule has 0 saturated heterocycles. The Morgan fingerprint density at radius 2 is 1.09 bits per heavy atom. The topological polar surface area (TPSA) is 289 Å². The molecule has 0 radical (unpaired) electrons. The molecule has 0 aliphatic rings. The molecule has 0 bridgehead atoms. The van der Waals surface area contributed by atoms with Gasteiger partial charge in [0.1, 0.15) is 18.1 Å². The van der Waals surface area contributed by atoms with Gasteiger partial charge in [0.2, 0.25) is 17.7 Å². The summed E-state index contributed by atoms with van der Waals surface area (Å²) in [4.78, 5) is 80.6. The van der Waals surface area contributed by atoms with Crippen molar-refractivity contribution in [2.75, 3.05) is 6.54 Å². The van der Waals surface area contributed by atoms with Crippen molar-refractivity contribution in [1.29, 1.82) is 0 Å². The minimum atomic E-state index is -1.80. The van der Waals surface area contributed by atoms with Crippen LogP contribution >= 0.6 is 0 Å². The van der Waals surface area contributed by atoms with Gasteiger partial charge in [-0.3, -0.25) is 28.8 Å². The van der Waals surface area contributed by atoms with E-state index in [0.717, 1.165) is 0 Å². The predicted molar refractivity (Wildman–Crippen MR) is 106 cm³/mol. The number of hydrogen-bond acceptors (Lipinski definition) is 9. The summed E-state index contributed by atoms with van der Waals surface area (Å²) in [6, 6.07) is -6.33. The number of carbonyl (C=O) groups excluding carboxylic acids is 3. The number of amides is 3. The van der Waals surface area contributed by atoms with Crippen molar-refractivity contribution in [2.45, 2.75) is 56.3 Å². The van der Waals surface area contributed by atoms with Gasteiger partial charge in [0, 0.05) is 6.42 Å². The maximum Gasteiger partial charge on any atom is 0.326 e. The van der Waals surface area contributed by atoms with E-state index in [4.69, 9.17) is 31.9 Å². The smallest absolute Gasteiger partial charge is 0.326 e. The lowest BCUT2D eigenvalue weighted by Crippen LogP contribution is -2.57. The normalized spacial score (nSPS) is 14.1. The van der Waals surface area contributed by atoms with E-state index in [0.29, 0.717) is 0 Å². The largest absolute Gasteiger partial charge is 0.481 e. The number of carboxylic acids is 4. The van der Waals surface area contributed by atoms with Crippen LogP contribution in [-0.2, 0) is 33.6 Å². The molecule has 0 saturated carbocycles. The molecule has 0 spiro atoms. The standard InChI is InChI=1S/C17H27N5O11/c18-4-3-9(16(31)22-10(17(32)33)6-13(27)28)21-15(30)8(1-2-11(23)24)20-14(29)7(19)5-12(25)26/h7-10H,1-6,18-19H2,(H,20,29)(H,21,30)(H,22,31)(H,23,24)(H,25,26)(H,27,28)(H,32,33)/t7-,8-,9-,10-/m0/s1. The van der Waals surface area contributed by atoms with Gasteiger partial charge in [-0.1, -0.05) is 0 Å². The zero-order valence-electron chi connectivity index (χ0n) is 17.4. The third kappa shape index (κ3) is 12.0. The zero-order valence-corrected chi connectivity index (χ0v) is 17.4. The van der Waals surface area contributed by atoms with Gasteiger partial charge in [0.05, 0.1) is 18.9 Å². The second-order valence-electron chi connectivity index (χ2n) is 6.83. The van der Waals surface area contributed by atoms with E-state index in [2.05, 4.69) is 10.6 Å². The fourth-order valence-electron chi connectivity index (χ4n) is 2.45. The fourth-order valence-corrected chi connectivity index (χ4v) is 2.45. The van der Waals surface area contributed by atoms with E-state index in [1.54, 1.807) is 0 Å². The second-order valence-corrected chi connectivity index (χ2v) is 6.83. The van der Waals surface area contributed by atoms with Crippen molar-refractivity contribution in [2.24, 2.45) is 11.5 Å². The van der Waals surface area contributed by atoms with Gasteiger partial charge in [0.15, 0.2) is 0 Å². The van der Waals surface area contributed by atoms with Crippen LogP contribution in [0.2, 0.25) is 0 Å². The van der Waals surface area contributed by atoms with Gasteiger partial charge in [-0.15, -0.1) is 0 Å². The SMILES string of the molecule is NCC[C@H](NC(=O)[C@H](CCC(=O)O)NC(=O)[C@@H](N)CC(=O)O)C(=O)N[C@@H](CC(=O)O)C(=O)O. The third-order valence-corrected chi connectivity index (χ3v) is 4.09. The Morgan fingerprint density at radius 1 is 0.636 bits per heavy atom. The van der Waals surface area contributed by atoms with Gasteiger partial charge >= 0.3 is 23.9 Å². The third-order valence-electron chi connectivity index (χ3n) is 4.09. The van der Waals surface area contributed by atoms with Gasteiger partial charge < -0.3 is 47.8 Å². The number of aliphatic carboxylic acids is 4. The van der Waals surface area contributed by atoms with Crippen molar-refractivity contribution in [3.05, 3.63) is 0 Å². The maximum atomic E-state index is 12.6. The fraction of sp³-hybridized carbons (Fsp3) is 0.588. The number of hydrogen-bond donors (Lipinski definition) is 9. The van der Waals surface area contributed by atoms with Crippen LogP contribution in [0.3, 0.4) is 0 Å². The molecule has 0 rings (SSSR count). The maximum absolute atomic E-state index is 12.6. The lowest BCUT2D eigenvalue weighted by atomic mass is 10.1. The molecule has 0 aromatic rings. The van der Waals surface area contributed by atoms with Crippen molar-refractivity contribution in [3.63, 3.8) is 0 Å². The quantitative estimate of drug-likeness (QED) is 0.103. The molecular formula is C17H27N5O11. The summed E-state index contributed by atoms with van der Waals surface area (Å²) in [6.45, 7) is -0.162. The van der Waals surface area contributed by atoms with E-state index < -0.39 is 91.4 Å². The highest BCUT2D eigenvalue weighted by molar-refractivity contribution is 5.95. The van der Waals surface area contributed by atoms with Crippen LogP contribution in [0.25, 0.3) is 0 Å². The highest BCUT2D eigenvalue weighted by atomic mass is 16.4. The minimum Gasteiger partial charge on any atom is -0.481 e. The highest BCUT2D eigenvalue weighted by Crippen LogP contribution is 2.03. The average molecular weight is 477 g/mol. The summed E-state index contributed by atoms with van der Waals surface area (Å²) in [7, 11) is 0. The van der Waals surface area contributed by atoms with Crippen LogP contribution in [0.1, 0.15) is 32.1 Å². The summed E-state index contributed by atoms with van der Waals surface area (Å²) in [5.74, 6) is -9.03. The molecule has 11 N–H and O–H groups in total. The van der Waals surface area contributed by atoms with Crippen LogP contribution in [0.5, 0.6) is 0 Å². The van der Waals surface area contributed by atoms with Gasteiger partial charge in [-0.25, -0.2) is 4.79 Å². The van der Waals surface area contributed by atoms with Crippen LogP contribution < -0.4 is 27.4 Å². The van der Waals surface area contributed by atoms with Crippen molar-refractivity contribution in [3.8, 4) is 0 Å². The Hall–Kier alpha value is -3.79. The number of carboxylic acid groups (broad SMARTS) is 4. The molecule has 0 aromatic heterocycles. The first kappa shape index (κ1) is 29.2.